The Balaban J connectivity index is 2.73. The first kappa shape index (κ1) is 16.1. The highest BCUT2D eigenvalue weighted by Gasteiger charge is 2.16. The topological polar surface area (TPSA) is 12.0 Å². The number of nitrogens with one attached hydrogen (secondary N) is 1. The van der Waals surface area contributed by atoms with Gasteiger partial charge in [-0.2, -0.15) is 0 Å². The predicted molar refractivity (Wildman–Crippen MR) is 76.1 cm³/mol. The summed E-state index contributed by atoms with van der Waals surface area (Å²) in [4.78, 5) is 0. The van der Waals surface area contributed by atoms with E-state index in [-0.39, 0.29) is 17.7 Å². The molecule has 1 nitrogen and oxygen atoms in total. The summed E-state index contributed by atoms with van der Waals surface area (Å²) in [5.74, 6) is -0.0488. The van der Waals surface area contributed by atoms with Crippen molar-refractivity contribution in [2.75, 3.05) is 6.54 Å². The summed E-state index contributed by atoms with van der Waals surface area (Å²) in [7, 11) is 0. The minimum atomic E-state index is -0.372. The molecule has 1 atom stereocenters. The first-order valence-electron chi connectivity index (χ1n) is 7.23. The highest BCUT2D eigenvalue weighted by molar-refractivity contribution is 5.22. The minimum absolute atomic E-state index is 0.0885. The number of benzene rings is 1. The molecule has 0 amide bonds. The maximum absolute atomic E-state index is 13.8. The van der Waals surface area contributed by atoms with E-state index in [9.17, 15) is 8.78 Å². The van der Waals surface area contributed by atoms with Crippen LogP contribution in [0.4, 0.5) is 8.78 Å². The summed E-state index contributed by atoms with van der Waals surface area (Å²) in [6.07, 6.45) is 3.96. The summed E-state index contributed by atoms with van der Waals surface area (Å²) in [6, 6.07) is 3.62. The molecular formula is C16H25F2N. The Bertz CT molecular complexity index is 377. The van der Waals surface area contributed by atoms with Crippen molar-refractivity contribution in [2.24, 2.45) is 5.92 Å². The fourth-order valence-electron chi connectivity index (χ4n) is 2.20. The van der Waals surface area contributed by atoms with E-state index in [4.69, 9.17) is 0 Å². The van der Waals surface area contributed by atoms with Crippen LogP contribution in [-0.2, 0) is 0 Å². The van der Waals surface area contributed by atoms with E-state index in [1.54, 1.807) is 0 Å². The molecule has 0 saturated carbocycles. The molecule has 0 fully saturated rings. The maximum atomic E-state index is 13.8. The monoisotopic (exact) mass is 269 g/mol. The lowest BCUT2D eigenvalue weighted by Gasteiger charge is -2.20. The van der Waals surface area contributed by atoms with Gasteiger partial charge in [0.25, 0.3) is 0 Å². The SMILES string of the molecule is CCCNC(CCCC(C)C)c1cc(F)ccc1F. The van der Waals surface area contributed by atoms with Crippen LogP contribution in [0.25, 0.3) is 0 Å². The van der Waals surface area contributed by atoms with Gasteiger partial charge in [-0.15, -0.1) is 0 Å². The molecule has 0 heterocycles. The second-order valence-electron chi connectivity index (χ2n) is 5.50. The largest absolute Gasteiger partial charge is 0.310 e. The first-order chi connectivity index (χ1) is 9.04. The van der Waals surface area contributed by atoms with E-state index in [2.05, 4.69) is 26.1 Å². The predicted octanol–water partition coefficient (Wildman–Crippen LogP) is 4.83. The van der Waals surface area contributed by atoms with Gasteiger partial charge in [-0.05, 0) is 43.5 Å². The number of halogens is 2. The van der Waals surface area contributed by atoms with E-state index >= 15 is 0 Å². The zero-order chi connectivity index (χ0) is 14.3. The third-order valence-corrected chi connectivity index (χ3v) is 3.25. The summed E-state index contributed by atoms with van der Waals surface area (Å²) >= 11 is 0. The van der Waals surface area contributed by atoms with Gasteiger partial charge in [0.05, 0.1) is 0 Å². The van der Waals surface area contributed by atoms with E-state index < -0.39 is 0 Å². The third kappa shape index (κ3) is 5.68. The Morgan fingerprint density at radius 3 is 2.53 bits per heavy atom. The Morgan fingerprint density at radius 1 is 1.16 bits per heavy atom. The number of rotatable bonds is 8. The molecule has 0 aliphatic carbocycles. The quantitative estimate of drug-likeness (QED) is 0.712. The molecule has 1 rings (SSSR count). The average molecular weight is 269 g/mol. The third-order valence-electron chi connectivity index (χ3n) is 3.25. The lowest BCUT2D eigenvalue weighted by molar-refractivity contribution is 0.431. The van der Waals surface area contributed by atoms with Gasteiger partial charge in [-0.1, -0.05) is 33.6 Å². The molecule has 0 aliphatic rings. The molecule has 0 spiro atoms. The average Bonchev–Trinajstić information content (AvgIpc) is 2.36. The summed E-state index contributed by atoms with van der Waals surface area (Å²) in [6.45, 7) is 7.25. The summed E-state index contributed by atoms with van der Waals surface area (Å²) in [5, 5.41) is 3.32. The molecular weight excluding hydrogens is 244 g/mol. The Labute approximate surface area is 115 Å². The Morgan fingerprint density at radius 2 is 1.89 bits per heavy atom. The number of hydrogen-bond donors (Lipinski definition) is 1. The molecule has 108 valence electrons. The molecule has 0 aliphatic heterocycles. The Kier molecular flexibility index (Phi) is 7.00. The van der Waals surface area contributed by atoms with Gasteiger partial charge in [0, 0.05) is 11.6 Å². The second kappa shape index (κ2) is 8.26. The van der Waals surface area contributed by atoms with Crippen LogP contribution >= 0.6 is 0 Å². The van der Waals surface area contributed by atoms with Gasteiger partial charge in [0.15, 0.2) is 0 Å². The molecule has 1 unspecified atom stereocenters. The molecule has 1 aromatic carbocycles. The standard InChI is InChI=1S/C16H25F2N/c1-4-10-19-16(7-5-6-12(2)3)14-11-13(17)8-9-15(14)18/h8-9,11-12,16,19H,4-7,10H2,1-3H3. The molecule has 0 saturated heterocycles. The van der Waals surface area contributed by atoms with Crippen LogP contribution in [0, 0.1) is 17.6 Å². The van der Waals surface area contributed by atoms with Crippen molar-refractivity contribution in [1.82, 2.24) is 5.32 Å². The molecule has 0 bridgehead atoms. The smallest absolute Gasteiger partial charge is 0.128 e. The molecule has 1 N–H and O–H groups in total. The fourth-order valence-corrected chi connectivity index (χ4v) is 2.20. The highest BCUT2D eigenvalue weighted by Crippen LogP contribution is 2.24. The van der Waals surface area contributed by atoms with Gasteiger partial charge < -0.3 is 5.32 Å². The van der Waals surface area contributed by atoms with E-state index in [1.807, 2.05) is 0 Å². The zero-order valence-corrected chi connectivity index (χ0v) is 12.2. The van der Waals surface area contributed by atoms with Gasteiger partial charge in [0.2, 0.25) is 0 Å². The van der Waals surface area contributed by atoms with Crippen molar-refractivity contribution in [3.05, 3.63) is 35.4 Å². The second-order valence-corrected chi connectivity index (χ2v) is 5.50. The van der Waals surface area contributed by atoms with Crippen molar-refractivity contribution in [1.29, 1.82) is 0 Å². The van der Waals surface area contributed by atoms with Crippen LogP contribution in [-0.4, -0.2) is 6.54 Å². The molecule has 0 aromatic heterocycles. The van der Waals surface area contributed by atoms with Crippen molar-refractivity contribution in [3.63, 3.8) is 0 Å². The van der Waals surface area contributed by atoms with Crippen LogP contribution in [0.3, 0.4) is 0 Å². The van der Waals surface area contributed by atoms with Crippen molar-refractivity contribution >= 4 is 0 Å². The van der Waals surface area contributed by atoms with Crippen LogP contribution < -0.4 is 5.32 Å². The van der Waals surface area contributed by atoms with Crippen LogP contribution in [0.2, 0.25) is 0 Å². The van der Waals surface area contributed by atoms with Crippen LogP contribution in [0.15, 0.2) is 18.2 Å². The van der Waals surface area contributed by atoms with Gasteiger partial charge in [0.1, 0.15) is 11.6 Å². The lowest BCUT2D eigenvalue weighted by Crippen LogP contribution is -2.23. The molecule has 1 aromatic rings. The van der Waals surface area contributed by atoms with E-state index in [1.165, 1.54) is 18.2 Å². The summed E-state index contributed by atoms with van der Waals surface area (Å²) < 4.78 is 27.1. The highest BCUT2D eigenvalue weighted by atomic mass is 19.1. The molecule has 3 heteroatoms. The van der Waals surface area contributed by atoms with Crippen molar-refractivity contribution in [3.8, 4) is 0 Å². The zero-order valence-electron chi connectivity index (χ0n) is 12.2. The van der Waals surface area contributed by atoms with Gasteiger partial charge in [-0.25, -0.2) is 8.78 Å². The van der Waals surface area contributed by atoms with Crippen LogP contribution in [0.5, 0.6) is 0 Å². The number of hydrogen-bond acceptors (Lipinski definition) is 1. The normalized spacial score (nSPS) is 12.9. The molecule has 19 heavy (non-hydrogen) atoms. The fraction of sp³-hybridized carbons (Fsp3) is 0.625. The van der Waals surface area contributed by atoms with Crippen molar-refractivity contribution < 1.29 is 8.78 Å². The maximum Gasteiger partial charge on any atom is 0.128 e. The lowest BCUT2D eigenvalue weighted by atomic mass is 9.97. The van der Waals surface area contributed by atoms with Crippen molar-refractivity contribution in [2.45, 2.75) is 52.5 Å². The summed E-state index contributed by atoms with van der Waals surface area (Å²) in [5.41, 5.74) is 0.456. The molecule has 0 radical (unpaired) electrons. The van der Waals surface area contributed by atoms with E-state index in [0.29, 0.717) is 11.5 Å². The Hall–Kier alpha value is -0.960. The first-order valence-corrected chi connectivity index (χ1v) is 7.23. The van der Waals surface area contributed by atoms with Gasteiger partial charge >= 0.3 is 0 Å². The van der Waals surface area contributed by atoms with Gasteiger partial charge in [-0.3, -0.25) is 0 Å². The van der Waals surface area contributed by atoms with E-state index in [0.717, 1.165) is 32.2 Å². The minimum Gasteiger partial charge on any atom is -0.310 e. The van der Waals surface area contributed by atoms with Crippen LogP contribution in [0.1, 0.15) is 58.1 Å².